The number of aromatic nitrogens is 1. The Kier molecular flexibility index (Phi) is 3.28. The normalized spacial score (nSPS) is 20.5. The van der Waals surface area contributed by atoms with E-state index >= 15 is 0 Å². The smallest absolute Gasteiger partial charge is 0.129 e. The molecule has 100 valence electrons. The van der Waals surface area contributed by atoms with E-state index in [9.17, 15) is 0 Å². The first kappa shape index (κ1) is 12.3. The van der Waals surface area contributed by atoms with Gasteiger partial charge in [0.05, 0.1) is 5.52 Å². The van der Waals surface area contributed by atoms with Crippen molar-refractivity contribution >= 4 is 22.4 Å². The number of hydrogen-bond acceptors (Lipinski definition) is 3. The van der Waals surface area contributed by atoms with Crippen molar-refractivity contribution in [3.63, 3.8) is 0 Å². The Morgan fingerprint density at radius 3 is 2.95 bits per heavy atom. The van der Waals surface area contributed by atoms with E-state index in [1.165, 1.54) is 25.7 Å². The molecule has 3 heteroatoms. The van der Waals surface area contributed by atoms with Crippen molar-refractivity contribution in [3.05, 3.63) is 30.3 Å². The fourth-order valence-corrected chi connectivity index (χ4v) is 2.91. The third-order valence-electron chi connectivity index (χ3n) is 4.05. The minimum Gasteiger partial charge on any atom is -0.399 e. The molecule has 0 spiro atoms. The van der Waals surface area contributed by atoms with Crippen LogP contribution >= 0.6 is 0 Å². The second-order valence-electron chi connectivity index (χ2n) is 5.51. The second kappa shape index (κ2) is 5.08. The van der Waals surface area contributed by atoms with Crippen LogP contribution in [0.3, 0.4) is 0 Å². The molecule has 0 saturated carbocycles. The summed E-state index contributed by atoms with van der Waals surface area (Å²) in [6.45, 7) is 3.43. The van der Waals surface area contributed by atoms with E-state index in [0.29, 0.717) is 6.04 Å². The molecule has 1 fully saturated rings. The Morgan fingerprint density at radius 2 is 2.05 bits per heavy atom. The van der Waals surface area contributed by atoms with E-state index in [-0.39, 0.29) is 0 Å². The van der Waals surface area contributed by atoms with E-state index in [1.807, 2.05) is 18.2 Å². The molecule has 19 heavy (non-hydrogen) atoms. The number of nitrogens with zero attached hydrogens (tertiary/aromatic N) is 2. The highest BCUT2D eigenvalue weighted by Gasteiger charge is 2.18. The molecule has 2 heterocycles. The molecule has 2 N–H and O–H groups in total. The summed E-state index contributed by atoms with van der Waals surface area (Å²) in [6, 6.07) is 10.8. The standard InChI is InChI=1S/C16H21N3/c1-12-5-3-2-4-10-19(12)16-9-6-13-11-14(17)7-8-15(13)18-16/h6-9,11-12H,2-5,10,17H2,1H3. The van der Waals surface area contributed by atoms with Gasteiger partial charge in [-0.15, -0.1) is 0 Å². The highest BCUT2D eigenvalue weighted by molar-refractivity contribution is 5.83. The maximum Gasteiger partial charge on any atom is 0.129 e. The molecular weight excluding hydrogens is 234 g/mol. The largest absolute Gasteiger partial charge is 0.399 e. The van der Waals surface area contributed by atoms with E-state index in [0.717, 1.165) is 29.0 Å². The predicted molar refractivity (Wildman–Crippen MR) is 81.4 cm³/mol. The average Bonchev–Trinajstić information content (AvgIpc) is 2.63. The first-order chi connectivity index (χ1) is 9.24. The maximum atomic E-state index is 5.81. The molecule has 0 aliphatic carbocycles. The predicted octanol–water partition coefficient (Wildman–Crippen LogP) is 3.59. The average molecular weight is 255 g/mol. The van der Waals surface area contributed by atoms with Crippen LogP contribution in [0, 0.1) is 0 Å². The van der Waals surface area contributed by atoms with Crippen LogP contribution in [0.25, 0.3) is 10.9 Å². The molecule has 1 atom stereocenters. The number of hydrogen-bond donors (Lipinski definition) is 1. The number of rotatable bonds is 1. The van der Waals surface area contributed by atoms with Gasteiger partial charge in [0.1, 0.15) is 5.82 Å². The van der Waals surface area contributed by atoms with Gasteiger partial charge in [-0.05, 0) is 50.1 Å². The van der Waals surface area contributed by atoms with Gasteiger partial charge in [0.25, 0.3) is 0 Å². The highest BCUT2D eigenvalue weighted by atomic mass is 15.2. The van der Waals surface area contributed by atoms with Crippen molar-refractivity contribution in [1.82, 2.24) is 4.98 Å². The molecular formula is C16H21N3. The molecule has 0 radical (unpaired) electrons. The maximum absolute atomic E-state index is 5.81. The van der Waals surface area contributed by atoms with Gasteiger partial charge in [0, 0.05) is 23.7 Å². The molecule has 3 nitrogen and oxygen atoms in total. The van der Waals surface area contributed by atoms with E-state index < -0.39 is 0 Å². The zero-order valence-electron chi connectivity index (χ0n) is 11.5. The lowest BCUT2D eigenvalue weighted by atomic mass is 10.1. The van der Waals surface area contributed by atoms with Crippen LogP contribution in [-0.4, -0.2) is 17.6 Å². The number of benzene rings is 1. The van der Waals surface area contributed by atoms with Gasteiger partial charge in [0.15, 0.2) is 0 Å². The Morgan fingerprint density at radius 1 is 1.16 bits per heavy atom. The molecule has 2 aromatic rings. The van der Waals surface area contributed by atoms with Gasteiger partial charge in [-0.3, -0.25) is 0 Å². The lowest BCUT2D eigenvalue weighted by Crippen LogP contribution is -2.33. The van der Waals surface area contributed by atoms with Crippen molar-refractivity contribution in [1.29, 1.82) is 0 Å². The highest BCUT2D eigenvalue weighted by Crippen LogP contribution is 2.25. The van der Waals surface area contributed by atoms with Gasteiger partial charge in [-0.1, -0.05) is 12.8 Å². The second-order valence-corrected chi connectivity index (χ2v) is 5.51. The molecule has 1 saturated heterocycles. The Labute approximate surface area is 114 Å². The summed E-state index contributed by atoms with van der Waals surface area (Å²) >= 11 is 0. The van der Waals surface area contributed by atoms with Crippen LogP contribution in [0.1, 0.15) is 32.6 Å². The summed E-state index contributed by atoms with van der Waals surface area (Å²) in [5.74, 6) is 1.10. The first-order valence-electron chi connectivity index (χ1n) is 7.17. The van der Waals surface area contributed by atoms with Crippen molar-refractivity contribution < 1.29 is 0 Å². The zero-order valence-corrected chi connectivity index (χ0v) is 11.5. The molecule has 3 rings (SSSR count). The number of fused-ring (bicyclic) bond motifs is 1. The van der Waals surface area contributed by atoms with Crippen LogP contribution in [-0.2, 0) is 0 Å². The third kappa shape index (κ3) is 2.50. The van der Waals surface area contributed by atoms with E-state index in [1.54, 1.807) is 0 Å². The van der Waals surface area contributed by atoms with Gasteiger partial charge in [0.2, 0.25) is 0 Å². The number of anilines is 2. The lowest BCUT2D eigenvalue weighted by Gasteiger charge is -2.28. The monoisotopic (exact) mass is 255 g/mol. The Balaban J connectivity index is 1.97. The van der Waals surface area contributed by atoms with Gasteiger partial charge in [-0.25, -0.2) is 4.98 Å². The van der Waals surface area contributed by atoms with E-state index in [4.69, 9.17) is 10.7 Å². The summed E-state index contributed by atoms with van der Waals surface area (Å²) in [4.78, 5) is 7.25. The zero-order chi connectivity index (χ0) is 13.2. The fourth-order valence-electron chi connectivity index (χ4n) is 2.91. The molecule has 1 aromatic carbocycles. The van der Waals surface area contributed by atoms with E-state index in [2.05, 4.69) is 24.0 Å². The van der Waals surface area contributed by atoms with Crippen LogP contribution in [0.15, 0.2) is 30.3 Å². The van der Waals surface area contributed by atoms with Crippen molar-refractivity contribution in [2.24, 2.45) is 0 Å². The van der Waals surface area contributed by atoms with Crippen molar-refractivity contribution in [2.75, 3.05) is 17.2 Å². The minimum absolute atomic E-state index is 0.584. The van der Waals surface area contributed by atoms with Crippen LogP contribution < -0.4 is 10.6 Å². The molecule has 1 aliphatic heterocycles. The lowest BCUT2D eigenvalue weighted by molar-refractivity contribution is 0.612. The van der Waals surface area contributed by atoms with Gasteiger partial charge >= 0.3 is 0 Å². The fraction of sp³-hybridized carbons (Fsp3) is 0.438. The minimum atomic E-state index is 0.584. The van der Waals surface area contributed by atoms with Gasteiger partial charge in [-0.2, -0.15) is 0 Å². The number of nitrogen functional groups attached to an aromatic ring is 1. The van der Waals surface area contributed by atoms with Crippen LogP contribution in [0.2, 0.25) is 0 Å². The SMILES string of the molecule is CC1CCCCCN1c1ccc2cc(N)ccc2n1. The summed E-state index contributed by atoms with van der Waals surface area (Å²) < 4.78 is 0. The summed E-state index contributed by atoms with van der Waals surface area (Å²) in [5, 5.41) is 1.12. The Hall–Kier alpha value is -1.77. The topological polar surface area (TPSA) is 42.1 Å². The van der Waals surface area contributed by atoms with Crippen LogP contribution in [0.4, 0.5) is 11.5 Å². The van der Waals surface area contributed by atoms with Gasteiger partial charge < -0.3 is 10.6 Å². The molecule has 0 bridgehead atoms. The van der Waals surface area contributed by atoms with Crippen LogP contribution in [0.5, 0.6) is 0 Å². The summed E-state index contributed by atoms with van der Waals surface area (Å²) in [6.07, 6.45) is 5.21. The summed E-state index contributed by atoms with van der Waals surface area (Å²) in [7, 11) is 0. The van der Waals surface area contributed by atoms with Crippen molar-refractivity contribution in [3.8, 4) is 0 Å². The first-order valence-corrected chi connectivity index (χ1v) is 7.17. The number of nitrogens with two attached hydrogens (primary N) is 1. The molecule has 1 aliphatic rings. The van der Waals surface area contributed by atoms with Crippen molar-refractivity contribution in [2.45, 2.75) is 38.6 Å². The quantitative estimate of drug-likeness (QED) is 0.792. The summed E-state index contributed by atoms with van der Waals surface area (Å²) in [5.41, 5.74) is 7.64. The third-order valence-corrected chi connectivity index (χ3v) is 4.05. The molecule has 1 aromatic heterocycles. The Bertz CT molecular complexity index is 579. The molecule has 0 amide bonds. The molecule has 1 unspecified atom stereocenters. The number of pyridine rings is 1.